The molecule has 0 aliphatic carbocycles. The lowest BCUT2D eigenvalue weighted by molar-refractivity contribution is 0.0303. The Labute approximate surface area is 645 Å². The zero-order chi connectivity index (χ0) is 77.8. The van der Waals surface area contributed by atoms with Crippen molar-refractivity contribution in [1.29, 1.82) is 0 Å². The van der Waals surface area contributed by atoms with Gasteiger partial charge in [0.15, 0.2) is 0 Å². The van der Waals surface area contributed by atoms with E-state index in [1.165, 1.54) is 14.2 Å². The summed E-state index contributed by atoms with van der Waals surface area (Å²) >= 11 is 8.41. The van der Waals surface area contributed by atoms with Gasteiger partial charge in [-0.3, -0.25) is 0 Å². The Morgan fingerprint density at radius 3 is 0.724 bits per heavy atom. The average Bonchev–Trinajstić information content (AvgIpc) is 3.07. The third-order valence-electron chi connectivity index (χ3n) is 9.50. The molecular formula is C70H124I4O24. The lowest BCUT2D eigenvalue weighted by Gasteiger charge is -2.12. The number of epoxide rings is 4. The van der Waals surface area contributed by atoms with Gasteiger partial charge in [-0.05, 0) is 132 Å². The number of ether oxygens (including phenoxy) is 14. The highest BCUT2D eigenvalue weighted by Gasteiger charge is 2.22. The monoisotopic (exact) mass is 1860 g/mol. The second-order valence-corrected chi connectivity index (χ2v) is 25.5. The SMILES string of the molecule is C#CC.C#CC.C#CC[C@@H](O)COC.C#CC[C@H](O)COC.C=C(I)C[C@@H](COC)OC.C=C(I)C[C@@H](O)CO.C=C(I)C[C@H](COC)OC.C=C(I)C[C@H](O)CO.CC#CC[C@@H](O)COC.CC#CC[C@H](O)COC.COC[C@@H]1CO1.COC[C@H]1CO1.OC[C@@H]1CO1.OC[C@H]1CO1. The molecule has 0 aromatic rings. The van der Waals surface area contributed by atoms with E-state index in [0.29, 0.717) is 90.4 Å². The Balaban J connectivity index is -0.000000107. The van der Waals surface area contributed by atoms with Crippen LogP contribution in [0.1, 0.15) is 79.1 Å². The minimum Gasteiger partial charge on any atom is -0.394 e. The zero-order valence-electron chi connectivity index (χ0n) is 60.7. The van der Waals surface area contributed by atoms with Gasteiger partial charge in [0.1, 0.15) is 24.4 Å². The van der Waals surface area contributed by atoms with Crippen LogP contribution in [-0.4, -0.2) is 301 Å². The number of methoxy groups -OCH3 is 10. The van der Waals surface area contributed by atoms with E-state index in [2.05, 4.69) is 160 Å². The molecule has 0 radical (unpaired) electrons. The van der Waals surface area contributed by atoms with E-state index in [1.807, 2.05) is 45.2 Å². The third kappa shape index (κ3) is 141. The van der Waals surface area contributed by atoms with Crippen molar-refractivity contribution in [3.63, 3.8) is 0 Å². The minimum absolute atomic E-state index is 0.161. The van der Waals surface area contributed by atoms with Crippen molar-refractivity contribution in [3.05, 3.63) is 40.6 Å². The molecule has 98 heavy (non-hydrogen) atoms. The number of halogens is 4. The van der Waals surface area contributed by atoms with Gasteiger partial charge in [-0.2, -0.15) is 0 Å². The number of rotatable bonds is 34. The van der Waals surface area contributed by atoms with E-state index in [0.717, 1.165) is 66.8 Å². The lowest BCUT2D eigenvalue weighted by Crippen LogP contribution is -2.16. The molecule has 0 aromatic heterocycles. The summed E-state index contributed by atoms with van der Waals surface area (Å²) in [5, 5.41) is 85.6. The molecule has 4 saturated heterocycles. The molecule has 0 bridgehead atoms. The number of hydrogen-bond donors (Lipinski definition) is 10. The lowest BCUT2D eigenvalue weighted by atomic mass is 10.3. The van der Waals surface area contributed by atoms with Gasteiger partial charge < -0.3 is 117 Å². The van der Waals surface area contributed by atoms with Crippen LogP contribution in [0.4, 0.5) is 0 Å². The maximum atomic E-state index is 8.95. The van der Waals surface area contributed by atoms with Crippen LogP contribution >= 0.6 is 90.4 Å². The number of hydrogen-bond acceptors (Lipinski definition) is 24. The second-order valence-electron chi connectivity index (χ2n) is 19.4. The van der Waals surface area contributed by atoms with Gasteiger partial charge in [-0.25, -0.2) is 0 Å². The van der Waals surface area contributed by atoms with Crippen LogP contribution in [0.3, 0.4) is 0 Å². The molecule has 28 heteroatoms. The van der Waals surface area contributed by atoms with Gasteiger partial charge in [0.25, 0.3) is 0 Å². The van der Waals surface area contributed by atoms with Crippen LogP contribution in [0.15, 0.2) is 40.6 Å². The van der Waals surface area contributed by atoms with Gasteiger partial charge in [0.2, 0.25) is 0 Å². The van der Waals surface area contributed by atoms with Crippen molar-refractivity contribution in [2.24, 2.45) is 0 Å². The van der Waals surface area contributed by atoms with Crippen LogP contribution < -0.4 is 0 Å². The predicted octanol–water partition coefficient (Wildman–Crippen LogP) is 6.28. The molecular weight excluding hydrogens is 1730 g/mol. The van der Waals surface area contributed by atoms with Crippen LogP contribution in [0.5, 0.6) is 0 Å². The fourth-order valence-electron chi connectivity index (χ4n) is 4.69. The Morgan fingerprint density at radius 2 is 0.612 bits per heavy atom. The highest BCUT2D eigenvalue weighted by molar-refractivity contribution is 14.1. The number of aliphatic hydroxyl groups excluding tert-OH is 10. The van der Waals surface area contributed by atoms with Crippen LogP contribution in [0.2, 0.25) is 0 Å². The van der Waals surface area contributed by atoms with Gasteiger partial charge in [-0.15, -0.1) is 73.1 Å². The molecule has 0 spiro atoms. The van der Waals surface area contributed by atoms with E-state index in [9.17, 15) is 0 Å². The Kier molecular flexibility index (Phi) is 119. The predicted molar refractivity (Wildman–Crippen MR) is 423 cm³/mol. The molecule has 4 rings (SSSR count). The third-order valence-corrected chi connectivity index (χ3v) is 11.3. The highest BCUT2D eigenvalue weighted by atomic mass is 127. The normalized spacial score (nSPS) is 16.5. The van der Waals surface area contributed by atoms with E-state index in [-0.39, 0.29) is 50.8 Å². The van der Waals surface area contributed by atoms with Gasteiger partial charge in [0.05, 0.1) is 155 Å². The molecule has 4 aliphatic heterocycles. The molecule has 24 nitrogen and oxygen atoms in total. The van der Waals surface area contributed by atoms with Crippen molar-refractivity contribution in [2.45, 2.75) is 152 Å². The van der Waals surface area contributed by atoms with E-state index in [1.54, 1.807) is 84.6 Å². The van der Waals surface area contributed by atoms with Crippen molar-refractivity contribution in [1.82, 2.24) is 0 Å². The first-order valence-electron chi connectivity index (χ1n) is 30.2. The van der Waals surface area contributed by atoms with Crippen LogP contribution in [-0.2, 0) is 66.3 Å². The first-order valence-corrected chi connectivity index (χ1v) is 34.5. The van der Waals surface area contributed by atoms with Crippen molar-refractivity contribution in [3.8, 4) is 73.1 Å². The first-order chi connectivity index (χ1) is 46.5. The van der Waals surface area contributed by atoms with Gasteiger partial charge in [0, 0.05) is 122 Å². The summed E-state index contributed by atoms with van der Waals surface area (Å²) in [6, 6.07) is 0. The standard InChI is InChI=1S/2C7H13IO2.2C7H12O2.2C6H10O2.2C5H9IO2.2C4H8O2.2C3H6O2.2C3H4/c2*1-6(8)4-7(10-3)5-9-2;2*1-3-4-5-7(8)6-9-2;2*1-3-4-6(7)5-8-2;2*1-4(6)2-5(8)3-7;2*1-5-2-4-3-6-4;2*4-1-3-2-5-3;2*1-3-2/h2*7H,1,4-5H2,2-3H3;2*7-8H,5-6H2,1-2H3;2*1,6-7H,4-5H2,2H3;2*5,7-8H,1-3H2;2*4H,2-3H2,1H3;2*3-4H,1-2H2;2*1H,2H3/t4*7-;2*6-;2*5-;2*4-;2*3-;;/m101010101010../s1. The molecule has 576 valence electrons. The van der Waals surface area contributed by atoms with Gasteiger partial charge >= 0.3 is 0 Å². The summed E-state index contributed by atoms with van der Waals surface area (Å²) in [6.07, 6.45) is 21.9. The molecule has 0 amide bonds. The van der Waals surface area contributed by atoms with Crippen LogP contribution in [0, 0.1) is 73.1 Å². The second kappa shape index (κ2) is 99.5. The van der Waals surface area contributed by atoms with Gasteiger partial charge in [-0.1, -0.05) is 26.3 Å². The Bertz CT molecular complexity index is 1860. The summed E-state index contributed by atoms with van der Waals surface area (Å²) in [5.74, 6) is 20.0. The van der Waals surface area contributed by atoms with Crippen LogP contribution in [0.25, 0.3) is 0 Å². The fourth-order valence-corrected chi connectivity index (χ4v) is 6.69. The van der Waals surface area contributed by atoms with Crippen molar-refractivity contribution in [2.75, 3.05) is 177 Å². The molecule has 0 saturated carbocycles. The van der Waals surface area contributed by atoms with Crippen molar-refractivity contribution < 1.29 is 117 Å². The molecule has 4 aliphatic rings. The highest BCUT2D eigenvalue weighted by Crippen LogP contribution is 2.14. The maximum absolute atomic E-state index is 8.95. The zero-order valence-corrected chi connectivity index (χ0v) is 69.4. The summed E-state index contributed by atoms with van der Waals surface area (Å²) in [4.78, 5) is 0. The molecule has 4 fully saturated rings. The fraction of sp³-hybridized carbons (Fsp3) is 0.714. The summed E-state index contributed by atoms with van der Waals surface area (Å²) in [6.45, 7) is 29.0. The maximum Gasteiger partial charge on any atom is 0.104 e. The summed E-state index contributed by atoms with van der Waals surface area (Å²) in [7, 11) is 16.2. The molecule has 0 aromatic carbocycles. The number of aliphatic hydroxyl groups is 10. The molecule has 10 N–H and O–H groups in total. The molecule has 0 unspecified atom stereocenters. The first kappa shape index (κ1) is 117. The largest absolute Gasteiger partial charge is 0.394 e. The Hall–Kier alpha value is -1.72. The summed E-state index contributed by atoms with van der Waals surface area (Å²) < 4.78 is 70.9. The van der Waals surface area contributed by atoms with E-state index < -0.39 is 36.6 Å². The summed E-state index contributed by atoms with van der Waals surface area (Å²) in [5.41, 5.74) is 0. The molecule has 12 atom stereocenters. The minimum atomic E-state index is -0.626. The van der Waals surface area contributed by atoms with E-state index in [4.69, 9.17) is 102 Å². The quantitative estimate of drug-likeness (QED) is 0.0193. The topological polar surface area (TPSA) is 345 Å². The Morgan fingerprint density at radius 1 is 0.388 bits per heavy atom. The van der Waals surface area contributed by atoms with Crippen molar-refractivity contribution >= 4 is 90.4 Å². The number of terminal acetylenes is 4. The average molecular weight is 1860 g/mol. The smallest absolute Gasteiger partial charge is 0.104 e. The van der Waals surface area contributed by atoms with E-state index >= 15 is 0 Å². The molecule has 4 heterocycles.